The van der Waals surface area contributed by atoms with E-state index in [4.69, 9.17) is 0 Å². The van der Waals surface area contributed by atoms with Crippen LogP contribution < -0.4 is 0 Å². The van der Waals surface area contributed by atoms with E-state index in [9.17, 15) is 9.90 Å². The average Bonchev–Trinajstić information content (AvgIpc) is 2.92. The van der Waals surface area contributed by atoms with Gasteiger partial charge in [0.05, 0.1) is 10.9 Å². The van der Waals surface area contributed by atoms with Crippen LogP contribution in [0.4, 0.5) is 0 Å². The molecule has 4 rings (SSSR count). The molecule has 0 radical (unpaired) electrons. The lowest BCUT2D eigenvalue weighted by atomic mass is 9.44. The van der Waals surface area contributed by atoms with Gasteiger partial charge >= 0.3 is 0 Å². The van der Waals surface area contributed by atoms with E-state index in [1.54, 1.807) is 0 Å². The number of rotatable bonds is 2. The molecule has 0 aromatic rings. The van der Waals surface area contributed by atoms with Gasteiger partial charge < -0.3 is 5.11 Å². The van der Waals surface area contributed by atoms with Crippen molar-refractivity contribution in [2.45, 2.75) is 84.2 Å². The standard InChI is InChI=1S/C22H35BrO2/c1-20(25)10-11-21(2)14(12-20)4-5-15-16-6-7-18(19(24)13-23)22(16,3)9-8-17(15)21/h14-18,25H,4-13H2,1-3H3/t14?,15?,16-,17-,18+,20+,21?,22-/m0/s1. The zero-order chi connectivity index (χ0) is 18.0. The van der Waals surface area contributed by atoms with E-state index in [1.165, 1.54) is 38.5 Å². The van der Waals surface area contributed by atoms with Crippen LogP contribution in [-0.2, 0) is 4.79 Å². The molecule has 3 heteroatoms. The number of carbonyl (C=O) groups excluding carboxylic acids is 1. The van der Waals surface area contributed by atoms with Gasteiger partial charge in [-0.1, -0.05) is 29.8 Å². The third-order valence-electron chi connectivity index (χ3n) is 9.47. The molecule has 0 aromatic heterocycles. The Balaban J connectivity index is 1.59. The number of Topliss-reactive ketones (excluding diaryl/α,β-unsaturated/α-hetero) is 1. The highest BCUT2D eigenvalue weighted by Crippen LogP contribution is 2.68. The van der Waals surface area contributed by atoms with Gasteiger partial charge in [0.2, 0.25) is 0 Å². The molecule has 1 N–H and O–H groups in total. The maximum atomic E-state index is 12.5. The summed E-state index contributed by atoms with van der Waals surface area (Å²) in [5.74, 6) is 3.81. The van der Waals surface area contributed by atoms with Gasteiger partial charge in [0.25, 0.3) is 0 Å². The maximum absolute atomic E-state index is 12.5. The molecule has 142 valence electrons. The van der Waals surface area contributed by atoms with E-state index < -0.39 is 5.60 Å². The summed E-state index contributed by atoms with van der Waals surface area (Å²) in [6.45, 7) is 7.03. The summed E-state index contributed by atoms with van der Waals surface area (Å²) in [5.41, 5.74) is 0.223. The first-order valence-corrected chi connectivity index (χ1v) is 11.6. The van der Waals surface area contributed by atoms with E-state index in [-0.39, 0.29) is 11.3 Å². The van der Waals surface area contributed by atoms with Gasteiger partial charge in [0.15, 0.2) is 0 Å². The first-order valence-electron chi connectivity index (χ1n) is 10.5. The molecule has 8 atom stereocenters. The lowest BCUT2D eigenvalue weighted by Crippen LogP contribution is -2.55. The molecule has 4 saturated carbocycles. The number of halogens is 1. The van der Waals surface area contributed by atoms with Crippen molar-refractivity contribution in [3.8, 4) is 0 Å². The zero-order valence-electron chi connectivity index (χ0n) is 16.2. The Kier molecular flexibility index (Phi) is 4.47. The highest BCUT2D eigenvalue weighted by Gasteiger charge is 2.61. The molecule has 4 aliphatic carbocycles. The Bertz CT molecular complexity index is 558. The Labute approximate surface area is 161 Å². The second kappa shape index (κ2) is 6.06. The zero-order valence-corrected chi connectivity index (χ0v) is 17.8. The summed E-state index contributed by atoms with van der Waals surface area (Å²) in [6.07, 6.45) is 10.7. The summed E-state index contributed by atoms with van der Waals surface area (Å²) in [5, 5.41) is 11.1. The molecule has 0 spiro atoms. The van der Waals surface area contributed by atoms with Crippen LogP contribution in [0.25, 0.3) is 0 Å². The molecular formula is C22H35BrO2. The molecule has 3 unspecified atom stereocenters. The quantitative estimate of drug-likeness (QED) is 0.621. The molecule has 4 aliphatic rings. The van der Waals surface area contributed by atoms with Crippen LogP contribution in [-0.4, -0.2) is 21.8 Å². The smallest absolute Gasteiger partial charge is 0.147 e. The SMILES string of the molecule is CC12CC[C@@](C)(O)CC1CCC1[C@@H]2CC[C@]2(C)[C@@H](C(=O)CBr)CC[C@@H]12. The molecule has 0 heterocycles. The molecule has 0 amide bonds. The first-order chi connectivity index (χ1) is 11.7. The van der Waals surface area contributed by atoms with Gasteiger partial charge in [0.1, 0.15) is 5.78 Å². The van der Waals surface area contributed by atoms with Crippen LogP contribution in [0, 0.1) is 40.4 Å². The van der Waals surface area contributed by atoms with Crippen molar-refractivity contribution >= 4 is 21.7 Å². The van der Waals surface area contributed by atoms with Crippen molar-refractivity contribution in [3.05, 3.63) is 0 Å². The monoisotopic (exact) mass is 410 g/mol. The van der Waals surface area contributed by atoms with Crippen molar-refractivity contribution < 1.29 is 9.90 Å². The van der Waals surface area contributed by atoms with Gasteiger partial charge in [-0.25, -0.2) is 0 Å². The van der Waals surface area contributed by atoms with Crippen molar-refractivity contribution in [3.63, 3.8) is 0 Å². The molecular weight excluding hydrogens is 376 g/mol. The van der Waals surface area contributed by atoms with Crippen LogP contribution in [0.15, 0.2) is 0 Å². The fraction of sp³-hybridized carbons (Fsp3) is 0.955. The van der Waals surface area contributed by atoms with Crippen molar-refractivity contribution in [1.82, 2.24) is 0 Å². The lowest BCUT2D eigenvalue weighted by Gasteiger charge is -2.61. The van der Waals surface area contributed by atoms with Crippen LogP contribution in [0.2, 0.25) is 0 Å². The van der Waals surface area contributed by atoms with Crippen molar-refractivity contribution in [2.24, 2.45) is 40.4 Å². The summed E-state index contributed by atoms with van der Waals surface area (Å²) < 4.78 is 0. The fourth-order valence-corrected chi connectivity index (χ4v) is 8.44. The van der Waals surface area contributed by atoms with Gasteiger partial charge in [-0.05, 0) is 99.2 Å². The molecule has 0 aliphatic heterocycles. The fourth-order valence-electron chi connectivity index (χ4n) is 8.05. The number of fused-ring (bicyclic) bond motifs is 5. The molecule has 4 fully saturated rings. The Morgan fingerprint density at radius 3 is 2.40 bits per heavy atom. The Hall–Kier alpha value is 0.110. The second-order valence-corrected chi connectivity index (χ2v) is 11.2. The number of hydrogen-bond donors (Lipinski definition) is 1. The topological polar surface area (TPSA) is 37.3 Å². The van der Waals surface area contributed by atoms with Crippen molar-refractivity contribution in [2.75, 3.05) is 5.33 Å². The largest absolute Gasteiger partial charge is 0.390 e. The van der Waals surface area contributed by atoms with Crippen LogP contribution >= 0.6 is 15.9 Å². The Morgan fingerprint density at radius 1 is 0.960 bits per heavy atom. The van der Waals surface area contributed by atoms with E-state index in [0.29, 0.717) is 22.4 Å². The summed E-state index contributed by atoms with van der Waals surface area (Å²) >= 11 is 3.43. The molecule has 2 nitrogen and oxygen atoms in total. The van der Waals surface area contributed by atoms with E-state index in [1.807, 2.05) is 6.92 Å². The predicted molar refractivity (Wildman–Crippen MR) is 105 cm³/mol. The van der Waals surface area contributed by atoms with Crippen LogP contribution in [0.1, 0.15) is 78.6 Å². The molecule has 25 heavy (non-hydrogen) atoms. The lowest BCUT2D eigenvalue weighted by molar-refractivity contribution is -0.150. The maximum Gasteiger partial charge on any atom is 0.147 e. The van der Waals surface area contributed by atoms with E-state index in [2.05, 4.69) is 29.8 Å². The minimum atomic E-state index is -0.444. The third-order valence-corrected chi connectivity index (χ3v) is 10.0. The highest BCUT2D eigenvalue weighted by molar-refractivity contribution is 9.09. The number of alkyl halides is 1. The molecule has 0 aromatic carbocycles. The predicted octanol–water partition coefficient (Wildman–Crippen LogP) is 5.36. The van der Waals surface area contributed by atoms with Crippen LogP contribution in [0.3, 0.4) is 0 Å². The normalized spacial score (nSPS) is 55.2. The number of hydrogen-bond acceptors (Lipinski definition) is 2. The van der Waals surface area contributed by atoms with Gasteiger partial charge in [-0.2, -0.15) is 0 Å². The summed E-state index contributed by atoms with van der Waals surface area (Å²) in [7, 11) is 0. The number of aliphatic hydroxyl groups is 1. The number of ketones is 1. The highest BCUT2D eigenvalue weighted by atomic mass is 79.9. The van der Waals surface area contributed by atoms with Gasteiger partial charge in [0, 0.05) is 5.92 Å². The van der Waals surface area contributed by atoms with Crippen molar-refractivity contribution in [1.29, 1.82) is 0 Å². The van der Waals surface area contributed by atoms with Gasteiger partial charge in [-0.15, -0.1) is 0 Å². The molecule has 0 saturated heterocycles. The minimum Gasteiger partial charge on any atom is -0.390 e. The van der Waals surface area contributed by atoms with E-state index >= 15 is 0 Å². The molecule has 0 bridgehead atoms. The van der Waals surface area contributed by atoms with E-state index in [0.717, 1.165) is 37.0 Å². The van der Waals surface area contributed by atoms with Gasteiger partial charge in [-0.3, -0.25) is 4.79 Å². The third kappa shape index (κ3) is 2.70. The second-order valence-electron chi connectivity index (χ2n) is 10.6. The minimum absolute atomic E-state index is 0.245. The van der Waals surface area contributed by atoms with Crippen LogP contribution in [0.5, 0.6) is 0 Å². The number of carbonyl (C=O) groups is 1. The summed E-state index contributed by atoms with van der Waals surface area (Å²) in [6, 6.07) is 0. The summed E-state index contributed by atoms with van der Waals surface area (Å²) in [4.78, 5) is 12.5. The average molecular weight is 411 g/mol. The Morgan fingerprint density at radius 2 is 1.68 bits per heavy atom. The first kappa shape index (κ1) is 18.5.